The van der Waals surface area contributed by atoms with Crippen LogP contribution in [0.1, 0.15) is 146 Å². The molecule has 0 spiro atoms. The molecule has 0 saturated heterocycles. The van der Waals surface area contributed by atoms with Crippen molar-refractivity contribution >= 4 is 34.4 Å². The number of nitrogens with zero attached hydrogens (tertiary/aromatic N) is 3. The minimum absolute atomic E-state index is 0.00818. The Bertz CT molecular complexity index is 2580. The highest BCUT2D eigenvalue weighted by Crippen LogP contribution is 2.62. The summed E-state index contributed by atoms with van der Waals surface area (Å²) in [6.07, 6.45) is 18.9. The van der Waals surface area contributed by atoms with E-state index in [-0.39, 0.29) is 69.4 Å². The fraction of sp³-hybridized carbons (Fsp3) is 0.525. The highest BCUT2D eigenvalue weighted by molar-refractivity contribution is 6.03. The van der Waals surface area contributed by atoms with E-state index in [1.165, 1.54) is 57.1 Å². The molecule has 1 fully saturated rings. The number of non-ortho nitro benzene ring substituents is 1. The lowest BCUT2D eigenvalue weighted by Gasteiger charge is -2.59. The number of nitro groups is 1. The van der Waals surface area contributed by atoms with Gasteiger partial charge in [0.1, 0.15) is 24.1 Å². The Morgan fingerprint density at radius 3 is 2.30 bits per heavy atom. The van der Waals surface area contributed by atoms with Crippen molar-refractivity contribution in [1.29, 1.82) is 0 Å². The lowest BCUT2D eigenvalue weighted by Crippen LogP contribution is -2.70. The quantitative estimate of drug-likeness (QED) is 0.0188. The Labute approximate surface area is 448 Å². The number of rotatable bonds is 31. The second-order valence-electron chi connectivity index (χ2n) is 20.4. The number of amides is 2. The normalized spacial score (nSPS) is 20.9. The number of nitro benzene ring substituents is 1. The number of benzene rings is 4. The zero-order valence-corrected chi connectivity index (χ0v) is 44.7. The average molecular weight is 1050 g/mol. The van der Waals surface area contributed by atoms with Crippen LogP contribution < -0.4 is 14.8 Å². The van der Waals surface area contributed by atoms with Crippen LogP contribution in [-0.4, -0.2) is 82.7 Å². The molecule has 2 aliphatic carbocycles. The van der Waals surface area contributed by atoms with Gasteiger partial charge in [0.25, 0.3) is 5.69 Å². The molecule has 0 aromatic heterocycles. The standard InChI is InChI=1S/C61H80N4O11/c1-4-7-8-9-10-11-12-13-14-19-35-62-59(68)75-49-33-34-55-53(40-49)57-51(28-18-21-37-67)46(24-17-20-36-66)39-52-54(63-74-43-44-29-31-48(32-30-44)65(70)71)41-56(61(76-55,58(52)57)73-38-5-2)64(60(69)72-6-3)42-47-26-22-25-45-23-15-16-27-50(45)47/h5,15-16,22-23,25-27,29-34,39-40,46,51,56-58,66-67H,2,4,6-14,17-21,24,28,35-38,41-43H2,1,3H3,(H,62,68). The third-order valence-corrected chi connectivity index (χ3v) is 15.3. The largest absolute Gasteiger partial charge is 0.459 e. The van der Waals surface area contributed by atoms with Gasteiger partial charge in [-0.2, -0.15) is 0 Å². The summed E-state index contributed by atoms with van der Waals surface area (Å²) in [5.74, 6) is -1.86. The zero-order chi connectivity index (χ0) is 53.7. The predicted molar refractivity (Wildman–Crippen MR) is 295 cm³/mol. The molecular formula is C61H80N4O11. The predicted octanol–water partition coefficient (Wildman–Crippen LogP) is 13.2. The summed E-state index contributed by atoms with van der Waals surface area (Å²) in [6.45, 7) is 8.95. The molecule has 3 N–H and O–H groups in total. The Hall–Kier alpha value is -6.29. The van der Waals surface area contributed by atoms with Gasteiger partial charge in [-0.25, -0.2) is 9.59 Å². The Morgan fingerprint density at radius 2 is 1.59 bits per heavy atom. The van der Waals surface area contributed by atoms with Crippen LogP contribution >= 0.6 is 0 Å². The van der Waals surface area contributed by atoms with E-state index in [1.54, 1.807) is 36.1 Å². The van der Waals surface area contributed by atoms with E-state index in [0.717, 1.165) is 66.0 Å². The molecule has 0 radical (unpaired) electrons. The minimum atomic E-state index is -1.58. The molecule has 2 amide bonds. The molecule has 15 nitrogen and oxygen atoms in total. The molecule has 1 saturated carbocycles. The molecule has 6 unspecified atom stereocenters. The average Bonchev–Trinajstić information content (AvgIpc) is 3.48. The molecule has 7 rings (SSSR count). The molecule has 3 aliphatic rings. The number of hydrogen-bond donors (Lipinski definition) is 3. The number of aliphatic hydroxyl groups excluding tert-OH is 2. The Morgan fingerprint density at radius 1 is 0.882 bits per heavy atom. The highest BCUT2D eigenvalue weighted by atomic mass is 16.7. The molecule has 6 atom stereocenters. The fourth-order valence-electron chi connectivity index (χ4n) is 11.7. The topological polar surface area (TPSA) is 192 Å². The first-order valence-electron chi connectivity index (χ1n) is 28.0. The number of allylic oxidation sites excluding steroid dienone is 1. The minimum Gasteiger partial charge on any atom is -0.459 e. The summed E-state index contributed by atoms with van der Waals surface area (Å²) in [5, 5.41) is 41.5. The highest BCUT2D eigenvalue weighted by Gasteiger charge is 2.66. The summed E-state index contributed by atoms with van der Waals surface area (Å²) in [5.41, 5.74) is 3.71. The van der Waals surface area contributed by atoms with Gasteiger partial charge in [0.05, 0.1) is 36.3 Å². The van der Waals surface area contributed by atoms with E-state index in [2.05, 4.69) is 24.9 Å². The summed E-state index contributed by atoms with van der Waals surface area (Å²) in [7, 11) is 0. The van der Waals surface area contributed by atoms with Crippen molar-refractivity contribution in [2.75, 3.05) is 33.0 Å². The number of aliphatic hydroxyl groups is 2. The molecule has 1 heterocycles. The summed E-state index contributed by atoms with van der Waals surface area (Å²) in [6, 6.07) is 24.7. The van der Waals surface area contributed by atoms with Gasteiger partial charge in [0.15, 0.2) is 0 Å². The van der Waals surface area contributed by atoms with Gasteiger partial charge in [-0.3, -0.25) is 15.0 Å². The van der Waals surface area contributed by atoms with Crippen LogP contribution in [0.5, 0.6) is 11.5 Å². The lowest BCUT2D eigenvalue weighted by atomic mass is 9.55. The SMILES string of the molecule is C=CCOC12Oc3ccc(OC(=O)NCCCCCCCCCCCC)cc3C3C(CCCCO)C(CCCCO)C=C(C(=NOCc4ccc([N+](=O)[O-])cc4)CC1N(Cc1cccc4ccccc14)C(=O)OCC)C32. The van der Waals surface area contributed by atoms with Crippen molar-refractivity contribution in [3.05, 3.63) is 136 Å². The molecule has 0 bridgehead atoms. The maximum atomic E-state index is 14.9. The number of carbonyl (C=O) groups is 2. The Balaban J connectivity index is 1.31. The maximum absolute atomic E-state index is 14.9. The van der Waals surface area contributed by atoms with Gasteiger partial charge in [0.2, 0.25) is 5.79 Å². The molecule has 4 aromatic rings. The van der Waals surface area contributed by atoms with E-state index < -0.39 is 34.9 Å². The molecule has 15 heteroatoms. The van der Waals surface area contributed by atoms with Gasteiger partial charge < -0.3 is 39.3 Å². The number of carbonyl (C=O) groups excluding carboxylic acids is 2. The van der Waals surface area contributed by atoms with Crippen molar-refractivity contribution in [3.63, 3.8) is 0 Å². The monoisotopic (exact) mass is 1040 g/mol. The van der Waals surface area contributed by atoms with Gasteiger partial charge in [-0.1, -0.05) is 137 Å². The first kappa shape index (κ1) is 57.4. The van der Waals surface area contributed by atoms with Crippen molar-refractivity contribution in [3.8, 4) is 11.5 Å². The number of oxime groups is 1. The van der Waals surface area contributed by atoms with Crippen LogP contribution in [0.3, 0.4) is 0 Å². The fourth-order valence-corrected chi connectivity index (χ4v) is 11.7. The first-order chi connectivity index (χ1) is 37.2. The van der Waals surface area contributed by atoms with Crippen molar-refractivity contribution in [1.82, 2.24) is 10.2 Å². The molecule has 76 heavy (non-hydrogen) atoms. The van der Waals surface area contributed by atoms with E-state index in [0.29, 0.717) is 48.6 Å². The summed E-state index contributed by atoms with van der Waals surface area (Å²) < 4.78 is 26.6. The summed E-state index contributed by atoms with van der Waals surface area (Å²) in [4.78, 5) is 47.3. The summed E-state index contributed by atoms with van der Waals surface area (Å²) >= 11 is 0. The van der Waals surface area contributed by atoms with Crippen LogP contribution in [0.25, 0.3) is 10.8 Å². The number of hydrogen-bond acceptors (Lipinski definition) is 12. The lowest BCUT2D eigenvalue weighted by molar-refractivity contribution is -0.384. The van der Waals surface area contributed by atoms with E-state index in [4.69, 9.17) is 28.9 Å². The van der Waals surface area contributed by atoms with Gasteiger partial charge >= 0.3 is 12.2 Å². The third kappa shape index (κ3) is 14.6. The second kappa shape index (κ2) is 29.3. The first-order valence-corrected chi connectivity index (χ1v) is 28.0. The van der Waals surface area contributed by atoms with Crippen molar-refractivity contribution < 1.29 is 48.5 Å². The number of ether oxygens (including phenoxy) is 4. The Kier molecular flexibility index (Phi) is 22.1. The van der Waals surface area contributed by atoms with Gasteiger partial charge in [-0.05, 0) is 109 Å². The molecule has 410 valence electrons. The molecule has 1 aliphatic heterocycles. The van der Waals surface area contributed by atoms with Crippen molar-refractivity contribution in [2.45, 2.75) is 154 Å². The number of nitrogens with one attached hydrogen (secondary N) is 1. The third-order valence-electron chi connectivity index (χ3n) is 15.3. The van der Waals surface area contributed by atoms with Crippen LogP contribution in [-0.2, 0) is 27.5 Å². The van der Waals surface area contributed by atoms with Gasteiger partial charge in [0, 0.05) is 49.8 Å². The van der Waals surface area contributed by atoms with E-state index in [1.807, 2.05) is 54.6 Å². The molecular weight excluding hydrogens is 965 g/mol. The maximum Gasteiger partial charge on any atom is 0.412 e. The van der Waals surface area contributed by atoms with Crippen LogP contribution in [0.15, 0.2) is 114 Å². The second-order valence-corrected chi connectivity index (χ2v) is 20.4. The number of fused-ring (bicyclic) bond motifs is 3. The van der Waals surface area contributed by atoms with Crippen molar-refractivity contribution in [2.24, 2.45) is 22.9 Å². The number of unbranched alkanes of at least 4 members (excludes halogenated alkanes) is 11. The smallest absolute Gasteiger partial charge is 0.412 e. The van der Waals surface area contributed by atoms with Gasteiger partial charge in [-0.15, -0.1) is 6.58 Å². The van der Waals surface area contributed by atoms with E-state index >= 15 is 0 Å². The van der Waals surface area contributed by atoms with E-state index in [9.17, 15) is 29.9 Å². The molecule has 4 aromatic carbocycles. The zero-order valence-electron chi connectivity index (χ0n) is 44.7. The van der Waals surface area contributed by atoms with Crippen LogP contribution in [0.2, 0.25) is 0 Å². The van der Waals surface area contributed by atoms with Crippen LogP contribution in [0.4, 0.5) is 15.3 Å². The van der Waals surface area contributed by atoms with Crippen LogP contribution in [0, 0.1) is 27.9 Å².